The Balaban J connectivity index is 1.61. The van der Waals surface area contributed by atoms with E-state index >= 15 is 0 Å². The zero-order chi connectivity index (χ0) is 19.7. The molecule has 2 aromatic carbocycles. The van der Waals surface area contributed by atoms with E-state index in [0.29, 0.717) is 36.1 Å². The Labute approximate surface area is 164 Å². The molecule has 1 saturated heterocycles. The summed E-state index contributed by atoms with van der Waals surface area (Å²) in [5.41, 5.74) is 2.67. The molecule has 1 amide bonds. The van der Waals surface area contributed by atoms with Crippen molar-refractivity contribution < 1.29 is 4.79 Å². The minimum absolute atomic E-state index is 0.108. The summed E-state index contributed by atoms with van der Waals surface area (Å²) in [7, 11) is 0. The van der Waals surface area contributed by atoms with Crippen LogP contribution in [-0.2, 0) is 6.54 Å². The first-order chi connectivity index (χ1) is 13.6. The van der Waals surface area contributed by atoms with Gasteiger partial charge in [0.05, 0.1) is 5.39 Å². The number of carbonyl (C=O) groups is 1. The lowest BCUT2D eigenvalue weighted by Crippen LogP contribution is -2.49. The van der Waals surface area contributed by atoms with Gasteiger partial charge in [0.25, 0.3) is 11.5 Å². The molecule has 0 spiro atoms. The number of amides is 1. The third-order valence-electron chi connectivity index (χ3n) is 5.39. The maximum Gasteiger partial charge on any atom is 0.275 e. The summed E-state index contributed by atoms with van der Waals surface area (Å²) >= 11 is 0. The highest BCUT2D eigenvalue weighted by Gasteiger charge is 2.26. The molecular formula is C22H24N4O2. The molecule has 1 aliphatic rings. The number of carbonyl (C=O) groups excluding carboxylic acids is 1. The van der Waals surface area contributed by atoms with Gasteiger partial charge in [0.1, 0.15) is 0 Å². The van der Waals surface area contributed by atoms with Crippen LogP contribution in [0.3, 0.4) is 0 Å². The molecule has 0 saturated carbocycles. The van der Waals surface area contributed by atoms with Gasteiger partial charge in [-0.3, -0.25) is 9.59 Å². The van der Waals surface area contributed by atoms with Crippen LogP contribution in [0, 0.1) is 6.92 Å². The first-order valence-corrected chi connectivity index (χ1v) is 9.70. The highest BCUT2D eigenvalue weighted by Crippen LogP contribution is 2.22. The molecular weight excluding hydrogens is 352 g/mol. The summed E-state index contributed by atoms with van der Waals surface area (Å²) in [6, 6.07) is 15.5. The lowest BCUT2D eigenvalue weighted by Gasteiger charge is -2.36. The largest absolute Gasteiger partial charge is 0.368 e. The number of rotatable bonds is 3. The number of piperazine rings is 1. The molecule has 2 heterocycles. The minimum atomic E-state index is -0.154. The van der Waals surface area contributed by atoms with Crippen LogP contribution in [0.4, 0.5) is 5.69 Å². The van der Waals surface area contributed by atoms with E-state index in [1.54, 1.807) is 12.1 Å². The van der Waals surface area contributed by atoms with Crippen LogP contribution in [0.1, 0.15) is 23.0 Å². The molecule has 6 heteroatoms. The van der Waals surface area contributed by atoms with Crippen molar-refractivity contribution in [2.24, 2.45) is 0 Å². The van der Waals surface area contributed by atoms with Crippen molar-refractivity contribution in [3.63, 3.8) is 0 Å². The summed E-state index contributed by atoms with van der Waals surface area (Å²) in [5, 5.41) is 5.56. The number of hydrogen-bond donors (Lipinski definition) is 0. The molecule has 0 bridgehead atoms. The fraction of sp³-hybridized carbons (Fsp3) is 0.318. The Kier molecular flexibility index (Phi) is 4.86. The van der Waals surface area contributed by atoms with Gasteiger partial charge in [-0.1, -0.05) is 36.4 Å². The number of aromatic nitrogens is 2. The zero-order valence-electron chi connectivity index (χ0n) is 16.3. The van der Waals surface area contributed by atoms with Crippen LogP contribution in [0.5, 0.6) is 0 Å². The van der Waals surface area contributed by atoms with E-state index in [1.807, 2.05) is 36.1 Å². The second-order valence-corrected chi connectivity index (χ2v) is 7.08. The Hall–Kier alpha value is -3.15. The van der Waals surface area contributed by atoms with Crippen LogP contribution in [0.15, 0.2) is 53.3 Å². The van der Waals surface area contributed by atoms with Crippen LogP contribution >= 0.6 is 0 Å². The molecule has 3 aromatic rings. The number of nitrogens with zero attached hydrogens (tertiary/aromatic N) is 4. The van der Waals surface area contributed by atoms with E-state index in [9.17, 15) is 9.59 Å². The lowest BCUT2D eigenvalue weighted by molar-refractivity contribution is 0.0740. The van der Waals surface area contributed by atoms with Crippen molar-refractivity contribution in [1.29, 1.82) is 0 Å². The fourth-order valence-corrected chi connectivity index (χ4v) is 3.83. The Morgan fingerprint density at radius 2 is 1.61 bits per heavy atom. The number of para-hydroxylation sites is 1. The molecule has 0 radical (unpaired) electrons. The van der Waals surface area contributed by atoms with Gasteiger partial charge in [-0.05, 0) is 31.5 Å². The molecule has 0 N–H and O–H groups in total. The van der Waals surface area contributed by atoms with Gasteiger partial charge in [0, 0.05) is 43.8 Å². The van der Waals surface area contributed by atoms with Crippen molar-refractivity contribution in [3.8, 4) is 0 Å². The molecule has 1 aliphatic heterocycles. The lowest BCUT2D eigenvalue weighted by atomic mass is 10.1. The summed E-state index contributed by atoms with van der Waals surface area (Å²) < 4.78 is 1.37. The second-order valence-electron chi connectivity index (χ2n) is 7.08. The topological polar surface area (TPSA) is 58.4 Å². The molecule has 0 atom stereocenters. The maximum absolute atomic E-state index is 13.2. The van der Waals surface area contributed by atoms with Crippen LogP contribution in [-0.4, -0.2) is 46.8 Å². The standard InChI is InChI=1S/C22H24N4O2/c1-3-26-21(27)18-10-6-5-9-17(18)20(23-26)22(28)25-14-12-24(13-15-25)19-11-7-4-8-16(19)2/h4-11H,3,12-15H2,1-2H3. The van der Waals surface area contributed by atoms with Gasteiger partial charge in [-0.15, -0.1) is 0 Å². The number of fused-ring (bicyclic) bond motifs is 1. The highest BCUT2D eigenvalue weighted by molar-refractivity contribution is 6.04. The summed E-state index contributed by atoms with van der Waals surface area (Å²) in [6.45, 7) is 7.23. The van der Waals surface area contributed by atoms with Gasteiger partial charge >= 0.3 is 0 Å². The number of aryl methyl sites for hydroxylation is 2. The molecule has 144 valence electrons. The first kappa shape index (κ1) is 18.2. The summed E-state index contributed by atoms with van der Waals surface area (Å²) in [6.07, 6.45) is 0. The monoisotopic (exact) mass is 376 g/mol. The Bertz CT molecular complexity index is 1080. The summed E-state index contributed by atoms with van der Waals surface area (Å²) in [4.78, 5) is 29.9. The zero-order valence-corrected chi connectivity index (χ0v) is 16.3. The first-order valence-electron chi connectivity index (χ1n) is 9.70. The molecule has 0 unspecified atom stereocenters. The van der Waals surface area contributed by atoms with Crippen LogP contribution in [0.2, 0.25) is 0 Å². The molecule has 1 fully saturated rings. The van der Waals surface area contributed by atoms with Crippen LogP contribution < -0.4 is 10.5 Å². The van der Waals surface area contributed by atoms with Gasteiger partial charge in [-0.2, -0.15) is 5.10 Å². The predicted molar refractivity (Wildman–Crippen MR) is 111 cm³/mol. The van der Waals surface area contributed by atoms with Crippen molar-refractivity contribution in [3.05, 3.63) is 70.1 Å². The van der Waals surface area contributed by atoms with Crippen molar-refractivity contribution >= 4 is 22.4 Å². The predicted octanol–water partition coefficient (Wildman–Crippen LogP) is 2.69. The fourth-order valence-electron chi connectivity index (χ4n) is 3.83. The third kappa shape index (κ3) is 3.15. The van der Waals surface area contributed by atoms with Crippen LogP contribution in [0.25, 0.3) is 10.8 Å². The highest BCUT2D eigenvalue weighted by atomic mass is 16.2. The van der Waals surface area contributed by atoms with E-state index in [0.717, 1.165) is 13.1 Å². The Morgan fingerprint density at radius 1 is 0.964 bits per heavy atom. The summed E-state index contributed by atoms with van der Waals surface area (Å²) in [5.74, 6) is -0.108. The smallest absolute Gasteiger partial charge is 0.275 e. The maximum atomic E-state index is 13.2. The number of benzene rings is 2. The molecule has 6 nitrogen and oxygen atoms in total. The quantitative estimate of drug-likeness (QED) is 0.705. The molecule has 0 aliphatic carbocycles. The van der Waals surface area contributed by atoms with Gasteiger partial charge in [-0.25, -0.2) is 4.68 Å². The van der Waals surface area contributed by atoms with Crippen molar-refractivity contribution in [1.82, 2.24) is 14.7 Å². The average molecular weight is 376 g/mol. The Morgan fingerprint density at radius 3 is 2.29 bits per heavy atom. The normalized spacial score (nSPS) is 14.5. The van der Waals surface area contributed by atoms with Gasteiger partial charge in [0.2, 0.25) is 0 Å². The van der Waals surface area contributed by atoms with Crippen molar-refractivity contribution in [2.45, 2.75) is 20.4 Å². The average Bonchev–Trinajstić information content (AvgIpc) is 2.74. The number of anilines is 1. The van der Waals surface area contributed by atoms with E-state index in [4.69, 9.17) is 0 Å². The van der Waals surface area contributed by atoms with E-state index in [1.165, 1.54) is 15.9 Å². The van der Waals surface area contributed by atoms with Crippen molar-refractivity contribution in [2.75, 3.05) is 31.1 Å². The minimum Gasteiger partial charge on any atom is -0.368 e. The van der Waals surface area contributed by atoms with E-state index in [2.05, 4.69) is 29.1 Å². The molecule has 1 aromatic heterocycles. The van der Waals surface area contributed by atoms with E-state index in [-0.39, 0.29) is 11.5 Å². The number of hydrogen-bond acceptors (Lipinski definition) is 4. The molecule has 28 heavy (non-hydrogen) atoms. The van der Waals surface area contributed by atoms with Gasteiger partial charge < -0.3 is 9.80 Å². The van der Waals surface area contributed by atoms with Gasteiger partial charge in [0.15, 0.2) is 5.69 Å². The molecule has 4 rings (SSSR count). The SMILES string of the molecule is CCn1nc(C(=O)N2CCN(c3ccccc3C)CC2)c2ccccc2c1=O. The third-order valence-corrected chi connectivity index (χ3v) is 5.39. The second kappa shape index (κ2) is 7.46. The van der Waals surface area contributed by atoms with E-state index < -0.39 is 0 Å².